The molecule has 1 aromatic rings. The van der Waals surface area contributed by atoms with E-state index >= 15 is 0 Å². The number of halogens is 1. The van der Waals surface area contributed by atoms with Crippen LogP contribution in [0.25, 0.3) is 0 Å². The van der Waals surface area contributed by atoms with Crippen molar-refractivity contribution in [1.82, 2.24) is 4.90 Å². The summed E-state index contributed by atoms with van der Waals surface area (Å²) in [5.41, 5.74) is 7.02. The Kier molecular flexibility index (Phi) is 4.36. The molecule has 0 aliphatic carbocycles. The molecule has 0 aromatic heterocycles. The molecule has 1 aliphatic heterocycles. The highest BCUT2D eigenvalue weighted by atomic mass is 19.1. The minimum absolute atomic E-state index is 0.0630. The molecule has 2 nitrogen and oxygen atoms in total. The Balaban J connectivity index is 1.83. The largest absolute Gasteiger partial charge is 0.324 e. The second-order valence-corrected chi connectivity index (χ2v) is 5.66. The molecule has 3 unspecified atom stereocenters. The molecule has 1 aromatic carbocycles. The van der Waals surface area contributed by atoms with Gasteiger partial charge in [-0.2, -0.15) is 0 Å². The van der Waals surface area contributed by atoms with Crippen LogP contribution in [0.3, 0.4) is 0 Å². The first kappa shape index (κ1) is 13.5. The van der Waals surface area contributed by atoms with Gasteiger partial charge in [-0.25, -0.2) is 4.39 Å². The Morgan fingerprint density at radius 1 is 1.33 bits per heavy atom. The highest BCUT2D eigenvalue weighted by Gasteiger charge is 2.25. The average Bonchev–Trinajstić information content (AvgIpc) is 2.66. The monoisotopic (exact) mass is 250 g/mol. The van der Waals surface area contributed by atoms with Crippen molar-refractivity contribution in [2.45, 2.75) is 26.3 Å². The smallest absolute Gasteiger partial charge is 0.123 e. The molecule has 1 aliphatic rings. The zero-order valence-electron chi connectivity index (χ0n) is 11.3. The Hall–Kier alpha value is -0.930. The molecule has 2 rings (SSSR count). The van der Waals surface area contributed by atoms with Crippen LogP contribution >= 0.6 is 0 Å². The molecule has 3 atom stereocenters. The second kappa shape index (κ2) is 5.81. The van der Waals surface area contributed by atoms with E-state index in [-0.39, 0.29) is 11.9 Å². The number of hydrogen-bond acceptors (Lipinski definition) is 2. The maximum Gasteiger partial charge on any atom is 0.123 e. The predicted molar refractivity (Wildman–Crippen MR) is 72.7 cm³/mol. The Morgan fingerprint density at radius 2 is 2.00 bits per heavy atom. The van der Waals surface area contributed by atoms with Crippen LogP contribution in [0.5, 0.6) is 0 Å². The molecular formula is C15H23FN2. The molecule has 1 saturated heterocycles. The summed E-state index contributed by atoms with van der Waals surface area (Å²) in [6.07, 6.45) is 0.892. The maximum atomic E-state index is 13.1. The number of nitrogens with two attached hydrogens (primary N) is 1. The van der Waals surface area contributed by atoms with E-state index in [0.29, 0.717) is 0 Å². The van der Waals surface area contributed by atoms with Crippen molar-refractivity contribution in [1.29, 1.82) is 0 Å². The van der Waals surface area contributed by atoms with Crippen LogP contribution in [0.1, 0.15) is 31.9 Å². The van der Waals surface area contributed by atoms with E-state index in [1.807, 2.05) is 6.07 Å². The molecule has 0 saturated carbocycles. The molecule has 3 heteroatoms. The lowest BCUT2D eigenvalue weighted by Gasteiger charge is -2.19. The summed E-state index contributed by atoms with van der Waals surface area (Å²) in [5.74, 6) is 1.34. The van der Waals surface area contributed by atoms with Crippen molar-refractivity contribution in [2.75, 3.05) is 19.6 Å². The fraction of sp³-hybridized carbons (Fsp3) is 0.600. The fourth-order valence-electron chi connectivity index (χ4n) is 2.66. The zero-order chi connectivity index (χ0) is 13.1. The van der Waals surface area contributed by atoms with E-state index in [4.69, 9.17) is 5.73 Å². The van der Waals surface area contributed by atoms with Crippen LogP contribution in [0.15, 0.2) is 24.3 Å². The molecule has 1 heterocycles. The van der Waals surface area contributed by atoms with Gasteiger partial charge in [-0.05, 0) is 42.5 Å². The lowest BCUT2D eigenvalue weighted by Crippen LogP contribution is -2.25. The van der Waals surface area contributed by atoms with E-state index in [0.717, 1.165) is 43.5 Å². The van der Waals surface area contributed by atoms with Crippen molar-refractivity contribution >= 4 is 0 Å². The summed E-state index contributed by atoms with van der Waals surface area (Å²) >= 11 is 0. The summed E-state index contributed by atoms with van der Waals surface area (Å²) in [6.45, 7) is 7.94. The van der Waals surface area contributed by atoms with Crippen molar-refractivity contribution in [3.63, 3.8) is 0 Å². The van der Waals surface area contributed by atoms with Crippen molar-refractivity contribution in [2.24, 2.45) is 17.6 Å². The molecule has 0 amide bonds. The molecule has 18 heavy (non-hydrogen) atoms. The van der Waals surface area contributed by atoms with Gasteiger partial charge in [0.2, 0.25) is 0 Å². The molecule has 1 fully saturated rings. The fourth-order valence-corrected chi connectivity index (χ4v) is 2.66. The number of nitrogens with zero attached hydrogens (tertiary/aromatic N) is 1. The third-order valence-electron chi connectivity index (χ3n) is 4.10. The van der Waals surface area contributed by atoms with Gasteiger partial charge in [0, 0.05) is 19.1 Å². The minimum atomic E-state index is -0.202. The van der Waals surface area contributed by atoms with E-state index < -0.39 is 0 Å². The van der Waals surface area contributed by atoms with Crippen LogP contribution in [0.4, 0.5) is 4.39 Å². The van der Waals surface area contributed by atoms with Gasteiger partial charge in [0.25, 0.3) is 0 Å². The number of rotatable bonds is 4. The van der Waals surface area contributed by atoms with Gasteiger partial charge in [-0.3, -0.25) is 0 Å². The van der Waals surface area contributed by atoms with Crippen LogP contribution in [-0.2, 0) is 0 Å². The summed E-state index contributed by atoms with van der Waals surface area (Å²) in [4.78, 5) is 2.47. The normalized spacial score (nSPS) is 26.4. The molecule has 0 bridgehead atoms. The SMILES string of the molecule is CC1CN(CCC(N)c2cccc(F)c2)CC1C. The minimum Gasteiger partial charge on any atom is -0.324 e. The lowest BCUT2D eigenvalue weighted by molar-refractivity contribution is 0.309. The van der Waals surface area contributed by atoms with Gasteiger partial charge in [0.1, 0.15) is 5.82 Å². The van der Waals surface area contributed by atoms with E-state index in [1.54, 1.807) is 12.1 Å². The van der Waals surface area contributed by atoms with Gasteiger partial charge < -0.3 is 10.6 Å². The highest BCUT2D eigenvalue weighted by molar-refractivity contribution is 5.19. The first-order valence-electron chi connectivity index (χ1n) is 6.79. The second-order valence-electron chi connectivity index (χ2n) is 5.66. The van der Waals surface area contributed by atoms with Gasteiger partial charge in [0.05, 0.1) is 0 Å². The van der Waals surface area contributed by atoms with Crippen LogP contribution in [-0.4, -0.2) is 24.5 Å². The van der Waals surface area contributed by atoms with Crippen LogP contribution in [0, 0.1) is 17.7 Å². The zero-order valence-corrected chi connectivity index (χ0v) is 11.3. The topological polar surface area (TPSA) is 29.3 Å². The van der Waals surface area contributed by atoms with E-state index in [9.17, 15) is 4.39 Å². The molecule has 0 spiro atoms. The van der Waals surface area contributed by atoms with Gasteiger partial charge in [-0.1, -0.05) is 26.0 Å². The number of benzene rings is 1. The maximum absolute atomic E-state index is 13.1. The quantitative estimate of drug-likeness (QED) is 0.890. The lowest BCUT2D eigenvalue weighted by atomic mass is 10.0. The van der Waals surface area contributed by atoms with Crippen LogP contribution < -0.4 is 5.73 Å². The van der Waals surface area contributed by atoms with E-state index in [2.05, 4.69) is 18.7 Å². The van der Waals surface area contributed by atoms with Crippen molar-refractivity contribution in [3.05, 3.63) is 35.6 Å². The van der Waals surface area contributed by atoms with Gasteiger partial charge >= 0.3 is 0 Å². The molecular weight excluding hydrogens is 227 g/mol. The number of likely N-dealkylation sites (tertiary alicyclic amines) is 1. The third kappa shape index (κ3) is 3.30. The van der Waals surface area contributed by atoms with Crippen molar-refractivity contribution in [3.8, 4) is 0 Å². The first-order valence-corrected chi connectivity index (χ1v) is 6.79. The summed E-state index contributed by atoms with van der Waals surface area (Å²) in [7, 11) is 0. The standard InChI is InChI=1S/C15H23FN2/c1-11-9-18(10-12(11)2)7-6-15(17)13-4-3-5-14(16)8-13/h3-5,8,11-12,15H,6-7,9-10,17H2,1-2H3. The molecule has 2 N–H and O–H groups in total. The Bertz CT molecular complexity index is 384. The Labute approximate surface area is 109 Å². The average molecular weight is 250 g/mol. The highest BCUT2D eigenvalue weighted by Crippen LogP contribution is 2.23. The predicted octanol–water partition coefficient (Wildman–Crippen LogP) is 2.80. The summed E-state index contributed by atoms with van der Waals surface area (Å²) in [5, 5.41) is 0. The molecule has 0 radical (unpaired) electrons. The van der Waals surface area contributed by atoms with Gasteiger partial charge in [0.15, 0.2) is 0 Å². The number of hydrogen-bond donors (Lipinski definition) is 1. The van der Waals surface area contributed by atoms with Crippen LogP contribution in [0.2, 0.25) is 0 Å². The Morgan fingerprint density at radius 3 is 2.61 bits per heavy atom. The van der Waals surface area contributed by atoms with E-state index in [1.165, 1.54) is 6.07 Å². The molecule has 100 valence electrons. The third-order valence-corrected chi connectivity index (χ3v) is 4.10. The van der Waals surface area contributed by atoms with Gasteiger partial charge in [-0.15, -0.1) is 0 Å². The van der Waals surface area contributed by atoms with Crippen molar-refractivity contribution < 1.29 is 4.39 Å². The first-order chi connectivity index (χ1) is 8.56. The summed E-state index contributed by atoms with van der Waals surface area (Å²) in [6, 6.07) is 6.57. The summed E-state index contributed by atoms with van der Waals surface area (Å²) < 4.78 is 13.1.